The van der Waals surface area contributed by atoms with E-state index in [1.807, 2.05) is 31.2 Å². The number of rotatable bonds is 7. The first kappa shape index (κ1) is 14.5. The fourth-order valence-corrected chi connectivity index (χ4v) is 2.10. The second kappa shape index (κ2) is 7.01. The molecule has 0 spiro atoms. The van der Waals surface area contributed by atoms with Crippen molar-refractivity contribution < 1.29 is 9.90 Å². The minimum absolute atomic E-state index is 0.183. The molecule has 0 aliphatic rings. The number of para-hydroxylation sites is 1. The van der Waals surface area contributed by atoms with Crippen LogP contribution in [0.5, 0.6) is 0 Å². The number of nitrogens with zero attached hydrogens (tertiary/aromatic N) is 1. The van der Waals surface area contributed by atoms with Crippen molar-refractivity contribution in [1.82, 2.24) is 4.90 Å². The fourth-order valence-electron chi connectivity index (χ4n) is 2.10. The maximum Gasteiger partial charge on any atom is 0.304 e. The Bertz CT molecular complexity index is 393. The first-order chi connectivity index (χ1) is 8.54. The minimum Gasteiger partial charge on any atom is -0.481 e. The molecule has 4 nitrogen and oxygen atoms in total. The predicted molar refractivity (Wildman–Crippen MR) is 73.5 cm³/mol. The summed E-state index contributed by atoms with van der Waals surface area (Å²) in [6, 6.07) is 8.11. The van der Waals surface area contributed by atoms with Crippen LogP contribution in [-0.2, 0) is 11.2 Å². The molecule has 18 heavy (non-hydrogen) atoms. The third-order valence-corrected chi connectivity index (χ3v) is 3.21. The molecule has 1 rings (SSSR count). The molecular weight excluding hydrogens is 228 g/mol. The predicted octanol–water partition coefficient (Wildman–Crippen LogP) is 2.00. The van der Waals surface area contributed by atoms with Gasteiger partial charge in [-0.15, -0.1) is 0 Å². The molecule has 0 saturated carbocycles. The third kappa shape index (κ3) is 4.37. The SMILES string of the molecule is CCN(CCC(=O)O)C(C)Cc1ccccc1N. The van der Waals surface area contributed by atoms with Crippen molar-refractivity contribution in [2.75, 3.05) is 18.8 Å². The molecule has 1 aromatic carbocycles. The van der Waals surface area contributed by atoms with Crippen molar-refractivity contribution in [3.05, 3.63) is 29.8 Å². The van der Waals surface area contributed by atoms with E-state index in [0.29, 0.717) is 12.6 Å². The summed E-state index contributed by atoms with van der Waals surface area (Å²) < 4.78 is 0. The quantitative estimate of drug-likeness (QED) is 0.726. The smallest absolute Gasteiger partial charge is 0.304 e. The molecule has 0 aromatic heterocycles. The second-order valence-corrected chi connectivity index (χ2v) is 4.52. The number of hydrogen-bond donors (Lipinski definition) is 2. The molecule has 0 saturated heterocycles. The molecule has 0 aliphatic heterocycles. The lowest BCUT2D eigenvalue weighted by Gasteiger charge is -2.27. The van der Waals surface area contributed by atoms with E-state index in [-0.39, 0.29) is 6.42 Å². The van der Waals surface area contributed by atoms with E-state index in [0.717, 1.165) is 24.2 Å². The first-order valence-corrected chi connectivity index (χ1v) is 6.33. The van der Waals surface area contributed by atoms with Crippen molar-refractivity contribution in [3.63, 3.8) is 0 Å². The molecule has 0 aliphatic carbocycles. The van der Waals surface area contributed by atoms with E-state index in [1.165, 1.54) is 0 Å². The van der Waals surface area contributed by atoms with Gasteiger partial charge in [-0.3, -0.25) is 4.79 Å². The number of benzene rings is 1. The van der Waals surface area contributed by atoms with Crippen molar-refractivity contribution in [2.24, 2.45) is 0 Å². The van der Waals surface area contributed by atoms with Crippen LogP contribution in [0.2, 0.25) is 0 Å². The maximum atomic E-state index is 10.6. The Morgan fingerprint density at radius 3 is 2.67 bits per heavy atom. The first-order valence-electron chi connectivity index (χ1n) is 6.33. The Hall–Kier alpha value is -1.55. The summed E-state index contributed by atoms with van der Waals surface area (Å²) in [5, 5.41) is 8.73. The molecule has 1 atom stereocenters. The van der Waals surface area contributed by atoms with Gasteiger partial charge in [-0.25, -0.2) is 0 Å². The number of carboxylic acid groups (broad SMARTS) is 1. The lowest BCUT2D eigenvalue weighted by molar-refractivity contribution is -0.137. The topological polar surface area (TPSA) is 66.6 Å². The van der Waals surface area contributed by atoms with Gasteiger partial charge in [-0.05, 0) is 31.5 Å². The average molecular weight is 250 g/mol. The summed E-state index contributed by atoms with van der Waals surface area (Å²) in [7, 11) is 0. The van der Waals surface area contributed by atoms with E-state index in [9.17, 15) is 4.79 Å². The van der Waals surface area contributed by atoms with Crippen LogP contribution in [0.1, 0.15) is 25.8 Å². The Kier molecular flexibility index (Phi) is 5.65. The van der Waals surface area contributed by atoms with Gasteiger partial charge in [-0.2, -0.15) is 0 Å². The number of hydrogen-bond acceptors (Lipinski definition) is 3. The van der Waals surface area contributed by atoms with Crippen molar-refractivity contribution >= 4 is 11.7 Å². The van der Waals surface area contributed by atoms with Gasteiger partial charge in [0, 0.05) is 18.3 Å². The highest BCUT2D eigenvalue weighted by atomic mass is 16.4. The standard InChI is InChI=1S/C14H22N2O2/c1-3-16(9-8-14(17)18)11(2)10-12-6-4-5-7-13(12)15/h4-7,11H,3,8-10,15H2,1-2H3,(H,17,18). The lowest BCUT2D eigenvalue weighted by atomic mass is 10.0. The molecule has 0 amide bonds. The van der Waals surface area contributed by atoms with E-state index < -0.39 is 5.97 Å². The number of likely N-dealkylation sites (N-methyl/N-ethyl adjacent to an activating group) is 1. The lowest BCUT2D eigenvalue weighted by Crippen LogP contribution is -2.36. The largest absolute Gasteiger partial charge is 0.481 e. The Morgan fingerprint density at radius 2 is 2.11 bits per heavy atom. The van der Waals surface area contributed by atoms with Crippen LogP contribution < -0.4 is 5.73 Å². The zero-order valence-electron chi connectivity index (χ0n) is 11.1. The molecule has 0 fully saturated rings. The Labute approximate surface area is 108 Å². The summed E-state index contributed by atoms with van der Waals surface area (Å²) in [4.78, 5) is 12.8. The molecule has 0 heterocycles. The van der Waals surface area contributed by atoms with Crippen LogP contribution >= 0.6 is 0 Å². The summed E-state index contributed by atoms with van der Waals surface area (Å²) >= 11 is 0. The molecule has 0 bridgehead atoms. The van der Waals surface area contributed by atoms with Gasteiger partial charge in [0.1, 0.15) is 0 Å². The van der Waals surface area contributed by atoms with E-state index in [1.54, 1.807) is 0 Å². The van der Waals surface area contributed by atoms with Crippen LogP contribution in [0.3, 0.4) is 0 Å². The summed E-state index contributed by atoms with van der Waals surface area (Å²) in [6.07, 6.45) is 1.03. The number of nitrogens with two attached hydrogens (primary N) is 1. The van der Waals surface area contributed by atoms with Crippen LogP contribution in [0.15, 0.2) is 24.3 Å². The highest BCUT2D eigenvalue weighted by Gasteiger charge is 2.14. The van der Waals surface area contributed by atoms with Crippen molar-refractivity contribution in [1.29, 1.82) is 0 Å². The normalized spacial score (nSPS) is 12.6. The van der Waals surface area contributed by atoms with E-state index in [2.05, 4.69) is 11.8 Å². The molecule has 1 aromatic rings. The Balaban J connectivity index is 2.59. The van der Waals surface area contributed by atoms with Crippen LogP contribution in [0.4, 0.5) is 5.69 Å². The van der Waals surface area contributed by atoms with Gasteiger partial charge in [0.25, 0.3) is 0 Å². The molecule has 1 unspecified atom stereocenters. The van der Waals surface area contributed by atoms with E-state index in [4.69, 9.17) is 10.8 Å². The average Bonchev–Trinajstić information content (AvgIpc) is 2.32. The zero-order valence-corrected chi connectivity index (χ0v) is 11.1. The summed E-state index contributed by atoms with van der Waals surface area (Å²) in [5.41, 5.74) is 7.85. The molecular formula is C14H22N2O2. The highest BCUT2D eigenvalue weighted by Crippen LogP contribution is 2.15. The monoisotopic (exact) mass is 250 g/mol. The van der Waals surface area contributed by atoms with Gasteiger partial charge in [0.05, 0.1) is 6.42 Å². The Morgan fingerprint density at radius 1 is 1.44 bits per heavy atom. The molecule has 3 N–H and O–H groups in total. The number of carboxylic acids is 1. The number of anilines is 1. The van der Waals surface area contributed by atoms with Gasteiger partial charge < -0.3 is 15.7 Å². The maximum absolute atomic E-state index is 10.6. The second-order valence-electron chi connectivity index (χ2n) is 4.52. The third-order valence-electron chi connectivity index (χ3n) is 3.21. The summed E-state index contributed by atoms with van der Waals surface area (Å²) in [6.45, 7) is 5.59. The fraction of sp³-hybridized carbons (Fsp3) is 0.500. The van der Waals surface area contributed by atoms with Crippen LogP contribution in [-0.4, -0.2) is 35.1 Å². The molecule has 0 radical (unpaired) electrons. The minimum atomic E-state index is -0.750. The van der Waals surface area contributed by atoms with Gasteiger partial charge >= 0.3 is 5.97 Å². The van der Waals surface area contributed by atoms with Gasteiger partial charge in [0.2, 0.25) is 0 Å². The number of carbonyl (C=O) groups is 1. The molecule has 4 heteroatoms. The molecule has 100 valence electrons. The van der Waals surface area contributed by atoms with Gasteiger partial charge in [0.15, 0.2) is 0 Å². The van der Waals surface area contributed by atoms with Crippen molar-refractivity contribution in [3.8, 4) is 0 Å². The number of nitrogen functional groups attached to an aromatic ring is 1. The van der Waals surface area contributed by atoms with Crippen molar-refractivity contribution in [2.45, 2.75) is 32.7 Å². The van der Waals surface area contributed by atoms with Gasteiger partial charge in [-0.1, -0.05) is 25.1 Å². The highest BCUT2D eigenvalue weighted by molar-refractivity contribution is 5.66. The number of aliphatic carboxylic acids is 1. The van der Waals surface area contributed by atoms with Crippen LogP contribution in [0, 0.1) is 0 Å². The van der Waals surface area contributed by atoms with Crippen LogP contribution in [0.25, 0.3) is 0 Å². The summed E-state index contributed by atoms with van der Waals surface area (Å²) in [5.74, 6) is -0.750. The van der Waals surface area contributed by atoms with E-state index >= 15 is 0 Å². The zero-order chi connectivity index (χ0) is 13.5.